The van der Waals surface area contributed by atoms with E-state index in [0.717, 1.165) is 34.1 Å². The second kappa shape index (κ2) is 14.6. The molecule has 12 rings (SSSR count). The van der Waals surface area contributed by atoms with Crippen molar-refractivity contribution in [1.29, 1.82) is 0 Å². The van der Waals surface area contributed by atoms with Crippen molar-refractivity contribution in [2.75, 3.05) is 9.80 Å². The Morgan fingerprint density at radius 3 is 1.51 bits per heavy atom. The average Bonchev–Trinajstić information content (AvgIpc) is 3.57. The zero-order valence-electron chi connectivity index (χ0n) is 35.3. The van der Waals surface area contributed by atoms with Crippen molar-refractivity contribution in [3.8, 4) is 22.3 Å². The molecule has 2 nitrogen and oxygen atoms in total. The van der Waals surface area contributed by atoms with Gasteiger partial charge in [-0.3, -0.25) is 0 Å². The Hall–Kier alpha value is -7.94. The van der Waals surface area contributed by atoms with Crippen LogP contribution in [-0.4, -0.2) is 0 Å². The van der Waals surface area contributed by atoms with Crippen molar-refractivity contribution in [1.82, 2.24) is 0 Å². The second-order valence-electron chi connectivity index (χ2n) is 17.3. The molecule has 0 atom stereocenters. The third-order valence-corrected chi connectivity index (χ3v) is 13.4. The number of nitrogens with zero attached hydrogens (tertiary/aromatic N) is 2. The molecule has 0 aliphatic heterocycles. The molecule has 0 fully saturated rings. The van der Waals surface area contributed by atoms with Crippen LogP contribution in [-0.2, 0) is 5.41 Å². The normalized spacial score (nSPS) is 12.7. The Balaban J connectivity index is 1.00. The van der Waals surface area contributed by atoms with Gasteiger partial charge >= 0.3 is 0 Å². The maximum Gasteiger partial charge on any atom is 0.0540 e. The zero-order chi connectivity index (χ0) is 42.1. The van der Waals surface area contributed by atoms with E-state index >= 15 is 0 Å². The Morgan fingerprint density at radius 2 is 0.762 bits per heavy atom. The molecule has 0 heterocycles. The van der Waals surface area contributed by atoms with E-state index in [9.17, 15) is 0 Å². The molecular weight excluding hydrogens is 761 g/mol. The SMILES string of the molecule is CC1(C)c2ccccc2-c2ccc(N(c3cccc4ccccc34)c3cccc4c(-c5ccc(N(c6ccc7ccccc7c6)c6cccc7ccccc67)cc5)cccc34)cc21. The molecule has 0 radical (unpaired) electrons. The Labute approximate surface area is 368 Å². The molecule has 11 aromatic rings. The minimum Gasteiger partial charge on any atom is -0.310 e. The van der Waals surface area contributed by atoms with Crippen LogP contribution in [0.25, 0.3) is 65.3 Å². The van der Waals surface area contributed by atoms with Gasteiger partial charge in [0, 0.05) is 38.6 Å². The van der Waals surface area contributed by atoms with E-state index < -0.39 is 0 Å². The lowest BCUT2D eigenvalue weighted by Gasteiger charge is -2.30. The van der Waals surface area contributed by atoms with Gasteiger partial charge in [0.25, 0.3) is 0 Å². The van der Waals surface area contributed by atoms with Crippen LogP contribution in [0.1, 0.15) is 25.0 Å². The Bertz CT molecular complexity index is 3550. The Morgan fingerprint density at radius 1 is 0.286 bits per heavy atom. The molecule has 0 bridgehead atoms. The molecule has 0 saturated carbocycles. The van der Waals surface area contributed by atoms with Crippen LogP contribution in [0.15, 0.2) is 231 Å². The highest BCUT2D eigenvalue weighted by molar-refractivity contribution is 6.09. The van der Waals surface area contributed by atoms with Gasteiger partial charge in [0.1, 0.15) is 0 Å². The maximum absolute atomic E-state index is 2.49. The fourth-order valence-electron chi connectivity index (χ4n) is 10.3. The molecule has 63 heavy (non-hydrogen) atoms. The number of hydrogen-bond donors (Lipinski definition) is 0. The van der Waals surface area contributed by atoms with E-state index in [1.807, 2.05) is 0 Å². The molecule has 298 valence electrons. The first kappa shape index (κ1) is 36.9. The summed E-state index contributed by atoms with van der Waals surface area (Å²) in [5.41, 5.74) is 14.5. The van der Waals surface area contributed by atoms with Crippen molar-refractivity contribution in [3.05, 3.63) is 242 Å². The first-order valence-corrected chi connectivity index (χ1v) is 21.9. The smallest absolute Gasteiger partial charge is 0.0540 e. The van der Waals surface area contributed by atoms with E-state index in [0.29, 0.717) is 0 Å². The van der Waals surface area contributed by atoms with Gasteiger partial charge in [0.05, 0.1) is 17.1 Å². The van der Waals surface area contributed by atoms with Gasteiger partial charge in [0.15, 0.2) is 0 Å². The highest BCUT2D eigenvalue weighted by atomic mass is 15.1. The first-order valence-electron chi connectivity index (χ1n) is 21.9. The number of rotatable bonds is 7. The van der Waals surface area contributed by atoms with Gasteiger partial charge in [-0.05, 0) is 115 Å². The highest BCUT2D eigenvalue weighted by Gasteiger charge is 2.36. The summed E-state index contributed by atoms with van der Waals surface area (Å²) in [4.78, 5) is 4.89. The maximum atomic E-state index is 2.49. The van der Waals surface area contributed by atoms with Crippen LogP contribution >= 0.6 is 0 Å². The lowest BCUT2D eigenvalue weighted by molar-refractivity contribution is 0.660. The summed E-state index contributed by atoms with van der Waals surface area (Å²) in [6.07, 6.45) is 0. The van der Waals surface area contributed by atoms with Crippen LogP contribution in [0.3, 0.4) is 0 Å². The summed E-state index contributed by atoms with van der Waals surface area (Å²) in [6, 6.07) is 84.8. The molecule has 1 aliphatic rings. The van der Waals surface area contributed by atoms with E-state index in [1.165, 1.54) is 76.5 Å². The topological polar surface area (TPSA) is 6.48 Å². The van der Waals surface area contributed by atoms with Crippen molar-refractivity contribution in [2.24, 2.45) is 0 Å². The first-order chi connectivity index (χ1) is 31.0. The van der Waals surface area contributed by atoms with Crippen LogP contribution in [0.5, 0.6) is 0 Å². The predicted octanol–water partition coefficient (Wildman–Crippen LogP) is 17.2. The largest absolute Gasteiger partial charge is 0.310 e. The summed E-state index contributed by atoms with van der Waals surface area (Å²) in [5.74, 6) is 0. The second-order valence-corrected chi connectivity index (χ2v) is 17.3. The molecule has 0 amide bonds. The van der Waals surface area contributed by atoms with Gasteiger partial charge in [-0.15, -0.1) is 0 Å². The minimum absolute atomic E-state index is 0.123. The van der Waals surface area contributed by atoms with Crippen LogP contribution in [0.2, 0.25) is 0 Å². The fourth-order valence-corrected chi connectivity index (χ4v) is 10.3. The lowest BCUT2D eigenvalue weighted by Crippen LogP contribution is -2.16. The summed E-state index contributed by atoms with van der Waals surface area (Å²) in [7, 11) is 0. The van der Waals surface area contributed by atoms with Gasteiger partial charge in [-0.2, -0.15) is 0 Å². The number of anilines is 6. The van der Waals surface area contributed by atoms with E-state index in [2.05, 4.69) is 254 Å². The highest BCUT2D eigenvalue weighted by Crippen LogP contribution is 2.52. The number of benzene rings is 11. The van der Waals surface area contributed by atoms with Gasteiger partial charge in [-0.25, -0.2) is 0 Å². The quantitative estimate of drug-likeness (QED) is 0.158. The zero-order valence-corrected chi connectivity index (χ0v) is 35.3. The van der Waals surface area contributed by atoms with Crippen molar-refractivity contribution in [3.63, 3.8) is 0 Å². The molecule has 1 aliphatic carbocycles. The molecule has 11 aromatic carbocycles. The molecule has 0 spiro atoms. The van der Waals surface area contributed by atoms with E-state index in [1.54, 1.807) is 0 Å². The predicted molar refractivity (Wildman–Crippen MR) is 269 cm³/mol. The number of fused-ring (bicyclic) bond motifs is 7. The summed E-state index contributed by atoms with van der Waals surface area (Å²) >= 11 is 0. The Kier molecular flexibility index (Phi) is 8.55. The summed E-state index contributed by atoms with van der Waals surface area (Å²) in [6.45, 7) is 4.73. The lowest BCUT2D eigenvalue weighted by atomic mass is 9.82. The van der Waals surface area contributed by atoms with Crippen molar-refractivity contribution in [2.45, 2.75) is 19.3 Å². The average molecular weight is 805 g/mol. The monoisotopic (exact) mass is 804 g/mol. The molecule has 0 N–H and O–H groups in total. The van der Waals surface area contributed by atoms with Crippen molar-refractivity contribution < 1.29 is 0 Å². The number of hydrogen-bond acceptors (Lipinski definition) is 2. The van der Waals surface area contributed by atoms with Gasteiger partial charge in [0.2, 0.25) is 0 Å². The molecule has 0 saturated heterocycles. The van der Waals surface area contributed by atoms with E-state index in [-0.39, 0.29) is 5.41 Å². The van der Waals surface area contributed by atoms with Crippen LogP contribution in [0.4, 0.5) is 34.1 Å². The van der Waals surface area contributed by atoms with Gasteiger partial charge < -0.3 is 9.80 Å². The summed E-state index contributed by atoms with van der Waals surface area (Å²) < 4.78 is 0. The van der Waals surface area contributed by atoms with Gasteiger partial charge in [-0.1, -0.05) is 190 Å². The third-order valence-electron chi connectivity index (χ3n) is 13.4. The van der Waals surface area contributed by atoms with E-state index in [4.69, 9.17) is 0 Å². The third kappa shape index (κ3) is 6.02. The fraction of sp³-hybridized carbons (Fsp3) is 0.0492. The molecule has 2 heteroatoms. The van der Waals surface area contributed by atoms with Crippen LogP contribution < -0.4 is 9.80 Å². The minimum atomic E-state index is -0.123. The summed E-state index contributed by atoms with van der Waals surface area (Å²) in [5, 5.41) is 9.72. The molecule has 0 unspecified atom stereocenters. The molecule has 0 aromatic heterocycles. The van der Waals surface area contributed by atoms with Crippen LogP contribution in [0, 0.1) is 0 Å². The standard InChI is InChI=1S/C61H44N2/c1-61(2)56-27-10-9-23-53(56)54-38-37-48(40-57(54)61)63(59-29-12-20-43-17-6-8-22-51(43)59)60-30-14-25-52-49(24-13-26-55(52)60)44-32-34-46(35-33-44)62(47-36-31-41-15-3-4-18-45(41)39-47)58-28-11-19-42-16-5-7-21-50(42)58/h3-40H,1-2H3. The van der Waals surface area contributed by atoms with Crippen molar-refractivity contribution >= 4 is 77.2 Å². The molecular formula is C61H44N2.